The second-order valence-electron chi connectivity index (χ2n) is 2.63. The average Bonchev–Trinajstić information content (AvgIpc) is 2.53. The first-order valence-electron chi connectivity index (χ1n) is 4.09. The first kappa shape index (κ1) is 8.91. The number of unbranched alkanes of at least 4 members (excludes halogenated alkanes) is 1. The Labute approximate surface area is 72.8 Å². The molecule has 66 valence electrons. The maximum absolute atomic E-state index is 5.24. The molecule has 0 amide bonds. The molecule has 12 heavy (non-hydrogen) atoms. The lowest BCUT2D eigenvalue weighted by atomic mass is 10.2. The van der Waals surface area contributed by atoms with Crippen LogP contribution in [0.15, 0.2) is 29.4 Å². The van der Waals surface area contributed by atoms with Crippen LogP contribution in [0.25, 0.3) is 0 Å². The molecule has 2 heteroatoms. The van der Waals surface area contributed by atoms with Gasteiger partial charge in [0.2, 0.25) is 0 Å². The summed E-state index contributed by atoms with van der Waals surface area (Å²) in [6.07, 6.45) is 6.61. The van der Waals surface area contributed by atoms with Gasteiger partial charge in [-0.3, -0.25) is 0 Å². The van der Waals surface area contributed by atoms with Crippen LogP contribution in [0.4, 0.5) is 0 Å². The van der Waals surface area contributed by atoms with E-state index in [1.807, 2.05) is 12.1 Å². The Balaban J connectivity index is 2.36. The van der Waals surface area contributed by atoms with E-state index in [0.717, 1.165) is 30.8 Å². The van der Waals surface area contributed by atoms with Crippen LogP contribution >= 0.6 is 0 Å². The van der Waals surface area contributed by atoms with Gasteiger partial charge in [-0.15, -0.1) is 6.58 Å². The van der Waals surface area contributed by atoms with E-state index in [9.17, 15) is 0 Å². The number of ether oxygens (including phenoxy) is 1. The van der Waals surface area contributed by atoms with Crippen molar-refractivity contribution in [3.63, 3.8) is 0 Å². The number of hydrogen-bond acceptors (Lipinski definition) is 2. The third-order valence-corrected chi connectivity index (χ3v) is 1.70. The highest BCUT2D eigenvalue weighted by molar-refractivity contribution is 5.19. The molecule has 1 rings (SSSR count). The minimum Gasteiger partial charge on any atom is -0.493 e. The standard InChI is InChI=1S/C10H14O2/c1-3-4-5-6-9-7-10(11-2)8-12-9/h3,7-8H,1,4-6H2,2H3. The van der Waals surface area contributed by atoms with Gasteiger partial charge in [0.1, 0.15) is 12.0 Å². The van der Waals surface area contributed by atoms with Crippen molar-refractivity contribution in [2.24, 2.45) is 0 Å². The van der Waals surface area contributed by atoms with Crippen LogP contribution in [0.5, 0.6) is 5.75 Å². The van der Waals surface area contributed by atoms with Gasteiger partial charge in [-0.05, 0) is 12.8 Å². The lowest BCUT2D eigenvalue weighted by Gasteiger charge is -1.91. The van der Waals surface area contributed by atoms with Crippen LogP contribution in [-0.4, -0.2) is 7.11 Å². The smallest absolute Gasteiger partial charge is 0.157 e. The van der Waals surface area contributed by atoms with Crippen molar-refractivity contribution in [2.75, 3.05) is 7.11 Å². The topological polar surface area (TPSA) is 22.4 Å². The van der Waals surface area contributed by atoms with Crippen molar-refractivity contribution in [1.82, 2.24) is 0 Å². The fourth-order valence-electron chi connectivity index (χ4n) is 1.02. The largest absolute Gasteiger partial charge is 0.493 e. The van der Waals surface area contributed by atoms with Crippen LogP contribution in [0, 0.1) is 0 Å². The van der Waals surface area contributed by atoms with Crippen molar-refractivity contribution in [3.05, 3.63) is 30.7 Å². The van der Waals surface area contributed by atoms with Gasteiger partial charge in [0.25, 0.3) is 0 Å². The maximum Gasteiger partial charge on any atom is 0.157 e. The summed E-state index contributed by atoms with van der Waals surface area (Å²) in [5.74, 6) is 1.78. The monoisotopic (exact) mass is 166 g/mol. The van der Waals surface area contributed by atoms with Gasteiger partial charge in [0.05, 0.1) is 7.11 Å². The fraction of sp³-hybridized carbons (Fsp3) is 0.400. The molecule has 0 N–H and O–H groups in total. The molecule has 1 heterocycles. The molecule has 0 fully saturated rings. The fourth-order valence-corrected chi connectivity index (χ4v) is 1.02. The molecular formula is C10H14O2. The minimum absolute atomic E-state index is 0.795. The zero-order valence-corrected chi connectivity index (χ0v) is 7.38. The van der Waals surface area contributed by atoms with Gasteiger partial charge >= 0.3 is 0 Å². The highest BCUT2D eigenvalue weighted by Gasteiger charge is 1.99. The Morgan fingerprint density at radius 2 is 2.50 bits per heavy atom. The Morgan fingerprint density at radius 1 is 1.67 bits per heavy atom. The molecule has 0 atom stereocenters. The van der Waals surface area contributed by atoms with E-state index in [4.69, 9.17) is 9.15 Å². The second-order valence-corrected chi connectivity index (χ2v) is 2.63. The van der Waals surface area contributed by atoms with Gasteiger partial charge in [0.15, 0.2) is 5.75 Å². The van der Waals surface area contributed by atoms with Gasteiger partial charge in [-0.1, -0.05) is 6.08 Å². The van der Waals surface area contributed by atoms with Gasteiger partial charge < -0.3 is 9.15 Å². The van der Waals surface area contributed by atoms with E-state index in [0.29, 0.717) is 0 Å². The van der Waals surface area contributed by atoms with E-state index in [2.05, 4.69) is 6.58 Å². The average molecular weight is 166 g/mol. The van der Waals surface area contributed by atoms with Crippen LogP contribution in [0.1, 0.15) is 18.6 Å². The predicted molar refractivity (Wildman–Crippen MR) is 48.4 cm³/mol. The van der Waals surface area contributed by atoms with E-state index >= 15 is 0 Å². The zero-order chi connectivity index (χ0) is 8.81. The van der Waals surface area contributed by atoms with E-state index < -0.39 is 0 Å². The quantitative estimate of drug-likeness (QED) is 0.495. The summed E-state index contributed by atoms with van der Waals surface area (Å²) >= 11 is 0. The molecule has 1 aromatic rings. The molecule has 0 aliphatic rings. The first-order chi connectivity index (χ1) is 5.86. The normalized spacial score (nSPS) is 9.75. The summed E-state index contributed by atoms with van der Waals surface area (Å²) < 4.78 is 10.2. The number of hydrogen-bond donors (Lipinski definition) is 0. The molecule has 0 unspecified atom stereocenters. The molecule has 0 radical (unpaired) electrons. The van der Waals surface area contributed by atoms with Crippen LogP contribution in [-0.2, 0) is 6.42 Å². The SMILES string of the molecule is C=CCCCc1cc(OC)co1. The first-order valence-corrected chi connectivity index (χ1v) is 4.09. The molecule has 0 bridgehead atoms. The molecule has 0 spiro atoms. The molecular weight excluding hydrogens is 152 g/mol. The van der Waals surface area contributed by atoms with Crippen LogP contribution < -0.4 is 4.74 Å². The van der Waals surface area contributed by atoms with Crippen molar-refractivity contribution in [2.45, 2.75) is 19.3 Å². The van der Waals surface area contributed by atoms with Crippen molar-refractivity contribution < 1.29 is 9.15 Å². The third kappa shape index (κ3) is 2.46. The lowest BCUT2D eigenvalue weighted by Crippen LogP contribution is -1.80. The molecule has 0 saturated heterocycles. The Bertz CT molecular complexity index is 238. The predicted octanol–water partition coefficient (Wildman–Crippen LogP) is 2.80. The molecule has 0 aliphatic carbocycles. The second kappa shape index (κ2) is 4.65. The lowest BCUT2D eigenvalue weighted by molar-refractivity contribution is 0.404. The molecule has 0 aromatic carbocycles. The Kier molecular flexibility index (Phi) is 3.45. The van der Waals surface area contributed by atoms with E-state index in [1.54, 1.807) is 13.4 Å². The Hall–Kier alpha value is -1.18. The Morgan fingerprint density at radius 3 is 3.08 bits per heavy atom. The van der Waals surface area contributed by atoms with E-state index in [-0.39, 0.29) is 0 Å². The summed E-state index contributed by atoms with van der Waals surface area (Å²) in [5.41, 5.74) is 0. The summed E-state index contributed by atoms with van der Waals surface area (Å²) in [6, 6.07) is 1.92. The summed E-state index contributed by atoms with van der Waals surface area (Å²) in [4.78, 5) is 0. The van der Waals surface area contributed by atoms with Crippen molar-refractivity contribution >= 4 is 0 Å². The third-order valence-electron chi connectivity index (χ3n) is 1.70. The highest BCUT2D eigenvalue weighted by Crippen LogP contribution is 2.16. The van der Waals surface area contributed by atoms with Gasteiger partial charge in [0, 0.05) is 12.5 Å². The van der Waals surface area contributed by atoms with Gasteiger partial charge in [-0.25, -0.2) is 0 Å². The number of methoxy groups -OCH3 is 1. The van der Waals surface area contributed by atoms with Crippen molar-refractivity contribution in [3.8, 4) is 5.75 Å². The van der Waals surface area contributed by atoms with Crippen LogP contribution in [0.2, 0.25) is 0 Å². The van der Waals surface area contributed by atoms with Crippen LogP contribution in [0.3, 0.4) is 0 Å². The molecule has 2 nitrogen and oxygen atoms in total. The highest BCUT2D eigenvalue weighted by atomic mass is 16.5. The molecule has 0 aliphatic heterocycles. The van der Waals surface area contributed by atoms with Crippen molar-refractivity contribution in [1.29, 1.82) is 0 Å². The number of aryl methyl sites for hydroxylation is 1. The minimum atomic E-state index is 0.795. The van der Waals surface area contributed by atoms with Gasteiger partial charge in [-0.2, -0.15) is 0 Å². The molecule has 1 aromatic heterocycles. The number of furan rings is 1. The summed E-state index contributed by atoms with van der Waals surface area (Å²) in [6.45, 7) is 3.66. The maximum atomic E-state index is 5.24. The number of allylic oxidation sites excluding steroid dienone is 1. The summed E-state index contributed by atoms with van der Waals surface area (Å²) in [7, 11) is 1.64. The molecule has 0 saturated carbocycles. The summed E-state index contributed by atoms with van der Waals surface area (Å²) in [5, 5.41) is 0. The zero-order valence-electron chi connectivity index (χ0n) is 7.38. The number of rotatable bonds is 5. The van der Waals surface area contributed by atoms with E-state index in [1.165, 1.54) is 0 Å².